The molecule has 1 saturated heterocycles. The molecule has 1 aliphatic heterocycles. The average Bonchev–Trinajstić information content (AvgIpc) is 2.93. The second kappa shape index (κ2) is 4.56. The first kappa shape index (κ1) is 13.4. The van der Waals surface area contributed by atoms with Gasteiger partial charge in [-0.05, 0) is 20.3 Å². The summed E-state index contributed by atoms with van der Waals surface area (Å²) in [5.74, 6) is -0.568. The molecule has 1 unspecified atom stereocenters. The molecular formula is C12H19N5O2. The number of amides is 2. The Balaban J connectivity index is 2.22. The van der Waals surface area contributed by atoms with Crippen LogP contribution < -0.4 is 11.5 Å². The first-order chi connectivity index (χ1) is 8.89. The van der Waals surface area contributed by atoms with Gasteiger partial charge in [0.1, 0.15) is 5.69 Å². The second-order valence-electron chi connectivity index (χ2n) is 5.17. The second-order valence-corrected chi connectivity index (χ2v) is 5.17. The number of rotatable bonds is 3. The lowest BCUT2D eigenvalue weighted by Crippen LogP contribution is -2.39. The highest BCUT2D eigenvalue weighted by Gasteiger charge is 2.41. The van der Waals surface area contributed by atoms with Gasteiger partial charge in [0.25, 0.3) is 5.91 Å². The molecule has 0 aromatic carbocycles. The van der Waals surface area contributed by atoms with E-state index in [1.165, 1.54) is 6.20 Å². The number of carbonyl (C=O) groups excluding carboxylic acids is 2. The van der Waals surface area contributed by atoms with E-state index in [2.05, 4.69) is 5.10 Å². The number of nitrogens with two attached hydrogens (primary N) is 2. The summed E-state index contributed by atoms with van der Waals surface area (Å²) in [6.45, 7) is 5.07. The maximum absolute atomic E-state index is 12.5. The summed E-state index contributed by atoms with van der Waals surface area (Å²) >= 11 is 0. The van der Waals surface area contributed by atoms with E-state index in [1.807, 2.05) is 6.92 Å². The van der Waals surface area contributed by atoms with Crippen LogP contribution >= 0.6 is 0 Å². The Morgan fingerprint density at radius 2 is 2.21 bits per heavy atom. The van der Waals surface area contributed by atoms with Gasteiger partial charge in [-0.25, -0.2) is 0 Å². The van der Waals surface area contributed by atoms with Crippen LogP contribution in [0.5, 0.6) is 0 Å². The first-order valence-electron chi connectivity index (χ1n) is 6.29. The third-order valence-electron chi connectivity index (χ3n) is 3.73. The highest BCUT2D eigenvalue weighted by atomic mass is 16.2. The van der Waals surface area contributed by atoms with Gasteiger partial charge in [0.2, 0.25) is 5.91 Å². The molecule has 0 bridgehead atoms. The van der Waals surface area contributed by atoms with Crippen molar-refractivity contribution in [3.05, 3.63) is 11.9 Å². The zero-order chi connectivity index (χ0) is 14.2. The molecule has 1 atom stereocenters. The van der Waals surface area contributed by atoms with Crippen LogP contribution in [0.15, 0.2) is 6.20 Å². The number of hydrogen-bond acceptors (Lipinski definition) is 4. The first-order valence-corrected chi connectivity index (χ1v) is 6.29. The molecule has 0 aliphatic carbocycles. The van der Waals surface area contributed by atoms with Gasteiger partial charge >= 0.3 is 0 Å². The normalized spacial score (nSPS) is 22.7. The Labute approximate surface area is 111 Å². The van der Waals surface area contributed by atoms with Crippen molar-refractivity contribution in [2.45, 2.75) is 26.8 Å². The van der Waals surface area contributed by atoms with Crippen molar-refractivity contribution in [2.75, 3.05) is 18.8 Å². The summed E-state index contributed by atoms with van der Waals surface area (Å²) in [5, 5.41) is 4.05. The van der Waals surface area contributed by atoms with Gasteiger partial charge in [-0.15, -0.1) is 0 Å². The summed E-state index contributed by atoms with van der Waals surface area (Å²) in [6.07, 6.45) is 2.05. The minimum atomic E-state index is -0.651. The highest BCUT2D eigenvalue weighted by Crippen LogP contribution is 2.31. The molecule has 104 valence electrons. The fourth-order valence-corrected chi connectivity index (χ4v) is 2.36. The highest BCUT2D eigenvalue weighted by molar-refractivity contribution is 5.98. The molecule has 1 aromatic rings. The number of anilines is 1. The van der Waals surface area contributed by atoms with Gasteiger partial charge in [-0.2, -0.15) is 5.10 Å². The predicted molar refractivity (Wildman–Crippen MR) is 70.1 cm³/mol. The van der Waals surface area contributed by atoms with E-state index in [9.17, 15) is 9.59 Å². The predicted octanol–water partition coefficient (Wildman–Crippen LogP) is -0.177. The van der Waals surface area contributed by atoms with E-state index in [-0.39, 0.29) is 11.8 Å². The zero-order valence-electron chi connectivity index (χ0n) is 11.2. The topological polar surface area (TPSA) is 107 Å². The molecular weight excluding hydrogens is 246 g/mol. The van der Waals surface area contributed by atoms with Crippen LogP contribution in [-0.2, 0) is 11.3 Å². The molecule has 0 radical (unpaired) electrons. The standard InChI is InChI=1S/C12H19N5O2/c1-3-17-9(8(13)6-15-17)10(18)16-5-4-12(2,7-16)11(14)19/h6H,3-5,7,13H2,1-2H3,(H2,14,19). The number of likely N-dealkylation sites (tertiary alicyclic amines) is 1. The molecule has 2 heterocycles. The third kappa shape index (κ3) is 2.16. The summed E-state index contributed by atoms with van der Waals surface area (Å²) < 4.78 is 1.57. The van der Waals surface area contributed by atoms with Gasteiger partial charge in [0.05, 0.1) is 17.3 Å². The fourth-order valence-electron chi connectivity index (χ4n) is 2.36. The number of primary amides is 1. The Hall–Kier alpha value is -2.05. The van der Waals surface area contributed by atoms with Crippen LogP contribution in [-0.4, -0.2) is 39.6 Å². The number of nitrogen functional groups attached to an aromatic ring is 1. The molecule has 19 heavy (non-hydrogen) atoms. The van der Waals surface area contributed by atoms with E-state index in [1.54, 1.807) is 16.5 Å². The molecule has 0 saturated carbocycles. The largest absolute Gasteiger partial charge is 0.396 e. The molecule has 2 amide bonds. The Morgan fingerprint density at radius 1 is 1.53 bits per heavy atom. The van der Waals surface area contributed by atoms with Crippen molar-refractivity contribution in [2.24, 2.45) is 11.1 Å². The molecule has 0 spiro atoms. The Kier molecular flexibility index (Phi) is 3.21. The van der Waals surface area contributed by atoms with Gasteiger partial charge in [0, 0.05) is 19.6 Å². The lowest BCUT2D eigenvalue weighted by molar-refractivity contribution is -0.126. The van der Waals surface area contributed by atoms with E-state index >= 15 is 0 Å². The monoisotopic (exact) mass is 265 g/mol. The quantitative estimate of drug-likeness (QED) is 0.790. The van der Waals surface area contributed by atoms with Crippen molar-refractivity contribution in [1.29, 1.82) is 0 Å². The summed E-state index contributed by atoms with van der Waals surface area (Å²) in [7, 11) is 0. The number of nitrogens with zero attached hydrogens (tertiary/aromatic N) is 3. The number of aryl methyl sites for hydroxylation is 1. The van der Waals surface area contributed by atoms with Crippen LogP contribution in [0.3, 0.4) is 0 Å². The SMILES string of the molecule is CCn1ncc(N)c1C(=O)N1CCC(C)(C(N)=O)C1. The molecule has 7 nitrogen and oxygen atoms in total. The van der Waals surface area contributed by atoms with Gasteiger partial charge < -0.3 is 16.4 Å². The van der Waals surface area contributed by atoms with Crippen molar-refractivity contribution >= 4 is 17.5 Å². The van der Waals surface area contributed by atoms with Crippen molar-refractivity contribution < 1.29 is 9.59 Å². The fraction of sp³-hybridized carbons (Fsp3) is 0.583. The smallest absolute Gasteiger partial charge is 0.274 e. The summed E-state index contributed by atoms with van der Waals surface area (Å²) in [6, 6.07) is 0. The van der Waals surface area contributed by atoms with Crippen molar-refractivity contribution in [3.8, 4) is 0 Å². The molecule has 2 rings (SSSR count). The zero-order valence-corrected chi connectivity index (χ0v) is 11.2. The molecule has 1 aromatic heterocycles. The number of hydrogen-bond donors (Lipinski definition) is 2. The average molecular weight is 265 g/mol. The Bertz CT molecular complexity index is 524. The van der Waals surface area contributed by atoms with Crippen molar-refractivity contribution in [3.63, 3.8) is 0 Å². The van der Waals surface area contributed by atoms with Crippen LogP contribution in [0.2, 0.25) is 0 Å². The molecule has 7 heteroatoms. The molecule has 4 N–H and O–H groups in total. The third-order valence-corrected chi connectivity index (χ3v) is 3.73. The molecule has 1 aliphatic rings. The van der Waals surface area contributed by atoms with Crippen molar-refractivity contribution in [1.82, 2.24) is 14.7 Å². The maximum Gasteiger partial charge on any atom is 0.274 e. The number of carbonyl (C=O) groups is 2. The van der Waals surface area contributed by atoms with Crippen LogP contribution in [0.4, 0.5) is 5.69 Å². The number of aromatic nitrogens is 2. The lowest BCUT2D eigenvalue weighted by Gasteiger charge is -2.21. The maximum atomic E-state index is 12.5. The van der Waals surface area contributed by atoms with E-state index in [0.29, 0.717) is 37.4 Å². The minimum Gasteiger partial charge on any atom is -0.396 e. The van der Waals surface area contributed by atoms with E-state index < -0.39 is 5.41 Å². The summed E-state index contributed by atoms with van der Waals surface area (Å²) in [4.78, 5) is 25.5. The van der Waals surface area contributed by atoms with Gasteiger partial charge in [0.15, 0.2) is 0 Å². The van der Waals surface area contributed by atoms with Crippen LogP contribution in [0.25, 0.3) is 0 Å². The van der Waals surface area contributed by atoms with Gasteiger partial charge in [-0.1, -0.05) is 0 Å². The van der Waals surface area contributed by atoms with Crippen LogP contribution in [0, 0.1) is 5.41 Å². The van der Waals surface area contributed by atoms with E-state index in [4.69, 9.17) is 11.5 Å². The Morgan fingerprint density at radius 3 is 2.74 bits per heavy atom. The van der Waals surface area contributed by atoms with Gasteiger partial charge in [-0.3, -0.25) is 14.3 Å². The lowest BCUT2D eigenvalue weighted by atomic mass is 9.89. The summed E-state index contributed by atoms with van der Waals surface area (Å²) in [5.41, 5.74) is 11.3. The minimum absolute atomic E-state index is 0.193. The van der Waals surface area contributed by atoms with Crippen LogP contribution in [0.1, 0.15) is 30.8 Å². The van der Waals surface area contributed by atoms with E-state index in [0.717, 1.165) is 0 Å². The molecule has 1 fully saturated rings.